The molecule has 0 spiro atoms. The van der Waals surface area contributed by atoms with Crippen molar-refractivity contribution in [2.75, 3.05) is 0 Å². The number of benzene rings is 1. The summed E-state index contributed by atoms with van der Waals surface area (Å²) in [4.78, 5) is 21.3. The molecule has 2 aromatic rings. The van der Waals surface area contributed by atoms with Gasteiger partial charge in [-0.05, 0) is 29.3 Å². The number of carbonyl (C=O) groups is 1. The fourth-order valence-electron chi connectivity index (χ4n) is 2.14. The molecule has 1 aromatic carbocycles. The molecule has 0 saturated carbocycles. The van der Waals surface area contributed by atoms with E-state index in [0.717, 1.165) is 16.8 Å². The van der Waals surface area contributed by atoms with Crippen LogP contribution in [0.4, 0.5) is 0 Å². The monoisotopic (exact) mass is 315 g/mol. The van der Waals surface area contributed by atoms with Crippen molar-refractivity contribution in [2.45, 2.75) is 19.1 Å². The molecule has 0 aliphatic carbocycles. The van der Waals surface area contributed by atoms with E-state index in [9.17, 15) is 4.79 Å². The lowest BCUT2D eigenvalue weighted by atomic mass is 10.0. The molecule has 1 aliphatic rings. The quantitative estimate of drug-likeness (QED) is 0.943. The number of nitrogens with zero attached hydrogens (tertiary/aromatic N) is 2. The normalized spacial score (nSPS) is 16.8. The van der Waals surface area contributed by atoms with Gasteiger partial charge in [-0.1, -0.05) is 35.0 Å². The highest BCUT2D eigenvalue weighted by atomic mass is 35.5. The molecule has 3 rings (SSSR count). The van der Waals surface area contributed by atoms with E-state index in [1.807, 2.05) is 24.3 Å². The molecule has 22 heavy (non-hydrogen) atoms. The van der Waals surface area contributed by atoms with E-state index in [-0.39, 0.29) is 5.91 Å². The van der Waals surface area contributed by atoms with Gasteiger partial charge in [0.2, 0.25) is 6.10 Å². The Bertz CT molecular complexity index is 686. The number of amides is 1. The SMILES string of the molecule is O=C(NCc1cccnc1)C1CC(c2ccc(Cl)cc2)=NO1. The Kier molecular flexibility index (Phi) is 4.34. The summed E-state index contributed by atoms with van der Waals surface area (Å²) in [7, 11) is 0. The zero-order chi connectivity index (χ0) is 15.4. The second kappa shape index (κ2) is 6.58. The third-order valence-electron chi connectivity index (χ3n) is 3.33. The maximum Gasteiger partial charge on any atom is 0.264 e. The van der Waals surface area contributed by atoms with Gasteiger partial charge in [-0.25, -0.2) is 0 Å². The minimum atomic E-state index is -0.595. The standard InChI is InChI=1S/C16H14ClN3O2/c17-13-5-3-12(4-6-13)14-8-15(22-20-14)16(21)19-10-11-2-1-7-18-9-11/h1-7,9,15H,8,10H2,(H,19,21). The Labute approximate surface area is 133 Å². The third-order valence-corrected chi connectivity index (χ3v) is 3.58. The van der Waals surface area contributed by atoms with Crippen LogP contribution >= 0.6 is 11.6 Å². The molecule has 0 fully saturated rings. The summed E-state index contributed by atoms with van der Waals surface area (Å²) in [6, 6.07) is 11.0. The Hall–Kier alpha value is -2.40. The van der Waals surface area contributed by atoms with Crippen molar-refractivity contribution in [3.63, 3.8) is 0 Å². The van der Waals surface area contributed by atoms with Crippen LogP contribution in [0, 0.1) is 0 Å². The summed E-state index contributed by atoms with van der Waals surface area (Å²) in [5.41, 5.74) is 2.60. The minimum absolute atomic E-state index is 0.184. The molecule has 1 atom stereocenters. The van der Waals surface area contributed by atoms with Gasteiger partial charge in [0.15, 0.2) is 0 Å². The van der Waals surface area contributed by atoms with Crippen molar-refractivity contribution in [2.24, 2.45) is 5.16 Å². The zero-order valence-electron chi connectivity index (χ0n) is 11.7. The summed E-state index contributed by atoms with van der Waals surface area (Å²) in [5, 5.41) is 7.48. The highest BCUT2D eigenvalue weighted by Gasteiger charge is 2.28. The van der Waals surface area contributed by atoms with Crippen molar-refractivity contribution in [3.8, 4) is 0 Å². The Morgan fingerprint density at radius 3 is 2.86 bits per heavy atom. The van der Waals surface area contributed by atoms with Gasteiger partial charge in [-0.2, -0.15) is 0 Å². The average Bonchev–Trinajstić information content (AvgIpc) is 3.04. The van der Waals surface area contributed by atoms with E-state index >= 15 is 0 Å². The summed E-state index contributed by atoms with van der Waals surface area (Å²) in [6.07, 6.45) is 3.26. The third kappa shape index (κ3) is 3.43. The molecule has 0 bridgehead atoms. The van der Waals surface area contributed by atoms with Crippen LogP contribution in [0.2, 0.25) is 5.02 Å². The molecular weight excluding hydrogens is 302 g/mol. The van der Waals surface area contributed by atoms with Crippen molar-refractivity contribution in [1.82, 2.24) is 10.3 Å². The Balaban J connectivity index is 1.55. The predicted molar refractivity (Wildman–Crippen MR) is 83.6 cm³/mol. The smallest absolute Gasteiger partial charge is 0.264 e. The molecule has 1 unspecified atom stereocenters. The molecule has 1 N–H and O–H groups in total. The van der Waals surface area contributed by atoms with Gasteiger partial charge in [-0.15, -0.1) is 0 Å². The van der Waals surface area contributed by atoms with Crippen LogP contribution in [0.5, 0.6) is 0 Å². The van der Waals surface area contributed by atoms with Gasteiger partial charge in [0.25, 0.3) is 5.91 Å². The molecular formula is C16H14ClN3O2. The highest BCUT2D eigenvalue weighted by molar-refractivity contribution is 6.30. The van der Waals surface area contributed by atoms with E-state index < -0.39 is 6.10 Å². The van der Waals surface area contributed by atoms with Gasteiger partial charge < -0.3 is 10.2 Å². The number of hydrogen-bond acceptors (Lipinski definition) is 4. The number of carbonyl (C=O) groups excluding carboxylic acids is 1. The van der Waals surface area contributed by atoms with E-state index in [1.165, 1.54) is 0 Å². The lowest BCUT2D eigenvalue weighted by Gasteiger charge is -2.09. The predicted octanol–water partition coefficient (Wildman–Crippen LogP) is 2.54. The van der Waals surface area contributed by atoms with Gasteiger partial charge in [0.05, 0.1) is 5.71 Å². The number of pyridine rings is 1. The molecule has 6 heteroatoms. The minimum Gasteiger partial charge on any atom is -0.382 e. The maximum atomic E-state index is 12.1. The first-order chi connectivity index (χ1) is 10.7. The first kappa shape index (κ1) is 14.5. The van der Waals surface area contributed by atoms with Crippen LogP contribution in [-0.2, 0) is 16.2 Å². The molecule has 1 aromatic heterocycles. The molecule has 2 heterocycles. The largest absolute Gasteiger partial charge is 0.382 e. The van der Waals surface area contributed by atoms with E-state index in [0.29, 0.717) is 18.0 Å². The second-order valence-electron chi connectivity index (χ2n) is 4.92. The summed E-state index contributed by atoms with van der Waals surface area (Å²) < 4.78 is 0. The lowest BCUT2D eigenvalue weighted by molar-refractivity contribution is -0.131. The second-order valence-corrected chi connectivity index (χ2v) is 5.36. The first-order valence-electron chi connectivity index (χ1n) is 6.87. The molecule has 5 nitrogen and oxygen atoms in total. The van der Waals surface area contributed by atoms with Gasteiger partial charge in [0.1, 0.15) is 0 Å². The van der Waals surface area contributed by atoms with Crippen molar-refractivity contribution < 1.29 is 9.63 Å². The van der Waals surface area contributed by atoms with E-state index in [2.05, 4.69) is 15.5 Å². The van der Waals surface area contributed by atoms with Gasteiger partial charge in [0, 0.05) is 30.4 Å². The van der Waals surface area contributed by atoms with Crippen LogP contribution in [-0.4, -0.2) is 22.7 Å². The number of nitrogens with one attached hydrogen (secondary N) is 1. The van der Waals surface area contributed by atoms with Gasteiger partial charge >= 0.3 is 0 Å². The molecule has 0 radical (unpaired) electrons. The van der Waals surface area contributed by atoms with Crippen molar-refractivity contribution in [3.05, 3.63) is 64.9 Å². The van der Waals surface area contributed by atoms with E-state index in [1.54, 1.807) is 24.5 Å². The van der Waals surface area contributed by atoms with Crippen LogP contribution in [0.3, 0.4) is 0 Å². The van der Waals surface area contributed by atoms with E-state index in [4.69, 9.17) is 16.4 Å². The molecule has 0 saturated heterocycles. The summed E-state index contributed by atoms with van der Waals surface area (Å²) in [5.74, 6) is -0.184. The zero-order valence-corrected chi connectivity index (χ0v) is 12.5. The summed E-state index contributed by atoms with van der Waals surface area (Å²) in [6.45, 7) is 0.419. The van der Waals surface area contributed by atoms with Crippen molar-refractivity contribution >= 4 is 23.2 Å². The van der Waals surface area contributed by atoms with Gasteiger partial charge in [-0.3, -0.25) is 9.78 Å². The van der Waals surface area contributed by atoms with Crippen molar-refractivity contribution in [1.29, 1.82) is 0 Å². The molecule has 1 aliphatic heterocycles. The number of rotatable bonds is 4. The Morgan fingerprint density at radius 2 is 2.14 bits per heavy atom. The maximum absolute atomic E-state index is 12.1. The number of aromatic nitrogens is 1. The molecule has 1 amide bonds. The van der Waals surface area contributed by atoms with Crippen LogP contribution in [0.1, 0.15) is 17.5 Å². The fourth-order valence-corrected chi connectivity index (χ4v) is 2.26. The number of hydrogen-bond donors (Lipinski definition) is 1. The number of halogens is 1. The summed E-state index contributed by atoms with van der Waals surface area (Å²) >= 11 is 5.86. The lowest BCUT2D eigenvalue weighted by Crippen LogP contribution is -2.34. The topological polar surface area (TPSA) is 63.6 Å². The first-order valence-corrected chi connectivity index (χ1v) is 7.25. The molecule has 112 valence electrons. The number of oxime groups is 1. The van der Waals surface area contributed by atoms with Crippen LogP contribution in [0.25, 0.3) is 0 Å². The fraction of sp³-hybridized carbons (Fsp3) is 0.188. The highest BCUT2D eigenvalue weighted by Crippen LogP contribution is 2.18. The van der Waals surface area contributed by atoms with Crippen LogP contribution in [0.15, 0.2) is 53.9 Å². The average molecular weight is 316 g/mol. The van der Waals surface area contributed by atoms with Crippen LogP contribution < -0.4 is 5.32 Å². The Morgan fingerprint density at radius 1 is 1.32 bits per heavy atom.